The van der Waals surface area contributed by atoms with E-state index in [1.807, 2.05) is 26.0 Å². The van der Waals surface area contributed by atoms with Crippen LogP contribution >= 0.6 is 11.3 Å². The molecule has 0 saturated carbocycles. The highest BCUT2D eigenvalue weighted by Gasteiger charge is 2.48. The van der Waals surface area contributed by atoms with Crippen LogP contribution in [0.1, 0.15) is 33.3 Å². The highest BCUT2D eigenvalue weighted by atomic mass is 32.1. The molecule has 0 radical (unpaired) electrons. The number of aliphatic hydroxyl groups is 1. The number of nitrogens with zero attached hydrogens (tertiary/aromatic N) is 3. The van der Waals surface area contributed by atoms with Crippen LogP contribution in [0, 0.1) is 20.8 Å². The minimum absolute atomic E-state index is 0.0211. The summed E-state index contributed by atoms with van der Waals surface area (Å²) in [5.41, 5.74) is 2.72. The maximum absolute atomic E-state index is 13.1. The third-order valence-corrected chi connectivity index (χ3v) is 5.86. The zero-order valence-electron chi connectivity index (χ0n) is 16.6. The predicted molar refractivity (Wildman–Crippen MR) is 113 cm³/mol. The Hall–Kier alpha value is -3.52. The number of benzene rings is 2. The van der Waals surface area contributed by atoms with Crippen LogP contribution < -0.4 is 4.90 Å². The van der Waals surface area contributed by atoms with E-state index in [1.54, 1.807) is 25.1 Å². The number of phenolic OH excluding ortho intramolecular Hbond substituents is 1. The lowest BCUT2D eigenvalue weighted by molar-refractivity contribution is -0.132. The second-order valence-corrected chi connectivity index (χ2v) is 8.34. The number of aromatic hydroxyl groups is 1. The van der Waals surface area contributed by atoms with Crippen molar-refractivity contribution >= 4 is 33.9 Å². The van der Waals surface area contributed by atoms with Crippen LogP contribution in [0.2, 0.25) is 0 Å². The molecule has 2 heterocycles. The van der Waals surface area contributed by atoms with Gasteiger partial charge in [0.2, 0.25) is 5.13 Å². The number of hydrogen-bond acceptors (Lipinski definition) is 7. The predicted octanol–water partition coefficient (Wildman–Crippen LogP) is 3.80. The molecule has 1 aliphatic heterocycles. The summed E-state index contributed by atoms with van der Waals surface area (Å²) in [5.74, 6) is -1.76. The topological polar surface area (TPSA) is 104 Å². The van der Waals surface area contributed by atoms with Crippen molar-refractivity contribution in [3.63, 3.8) is 0 Å². The molecule has 0 aliphatic carbocycles. The molecule has 1 aromatic heterocycles. The first-order chi connectivity index (χ1) is 14.3. The van der Waals surface area contributed by atoms with Crippen LogP contribution in [0.4, 0.5) is 5.13 Å². The number of phenols is 1. The zero-order chi connectivity index (χ0) is 21.6. The summed E-state index contributed by atoms with van der Waals surface area (Å²) < 4.78 is 0. The second-order valence-electron chi connectivity index (χ2n) is 7.18. The minimum Gasteiger partial charge on any atom is -0.508 e. The fourth-order valence-corrected chi connectivity index (χ4v) is 4.24. The molecule has 2 aromatic carbocycles. The van der Waals surface area contributed by atoms with Crippen LogP contribution in [-0.2, 0) is 9.59 Å². The number of Topliss-reactive ketones (excluding diaryl/α,β-unsaturated/α-hetero) is 1. The van der Waals surface area contributed by atoms with Crippen molar-refractivity contribution in [1.82, 2.24) is 10.2 Å². The van der Waals surface area contributed by atoms with Gasteiger partial charge in [-0.25, -0.2) is 0 Å². The third kappa shape index (κ3) is 3.25. The van der Waals surface area contributed by atoms with E-state index >= 15 is 0 Å². The number of carbonyl (C=O) groups excluding carboxylic acids is 2. The molecular weight excluding hydrogens is 402 g/mol. The van der Waals surface area contributed by atoms with Gasteiger partial charge in [-0.1, -0.05) is 41.2 Å². The molecule has 0 bridgehead atoms. The summed E-state index contributed by atoms with van der Waals surface area (Å²) in [4.78, 5) is 27.3. The van der Waals surface area contributed by atoms with Crippen LogP contribution in [-0.4, -0.2) is 32.1 Å². The standard InChI is InChI=1S/C22H19N3O4S/c1-11-4-5-12(2)16(10-11)19(27)17-18(14-6-8-15(26)9-7-14)25(21(29)20(17)28)22-24-23-13(3)30-22/h4-10,18,26-27H,1-3H3/b19-17-. The van der Waals surface area contributed by atoms with Gasteiger partial charge in [0, 0.05) is 5.56 Å². The number of anilines is 1. The number of carbonyl (C=O) groups is 2. The highest BCUT2D eigenvalue weighted by Crippen LogP contribution is 2.43. The summed E-state index contributed by atoms with van der Waals surface area (Å²) >= 11 is 1.18. The molecule has 0 spiro atoms. The first-order valence-corrected chi connectivity index (χ1v) is 10.1. The van der Waals surface area contributed by atoms with Gasteiger partial charge < -0.3 is 10.2 Å². The Morgan fingerprint density at radius 1 is 1.03 bits per heavy atom. The number of rotatable bonds is 3. The molecule has 4 rings (SSSR count). The average molecular weight is 421 g/mol. The van der Waals surface area contributed by atoms with Crippen molar-refractivity contribution in [3.8, 4) is 5.75 Å². The van der Waals surface area contributed by atoms with Gasteiger partial charge in [-0.2, -0.15) is 0 Å². The first-order valence-electron chi connectivity index (χ1n) is 9.25. The normalized spacial score (nSPS) is 18.2. The molecule has 3 aromatic rings. The quantitative estimate of drug-likeness (QED) is 0.379. The van der Waals surface area contributed by atoms with Gasteiger partial charge in [-0.05, 0) is 50.1 Å². The molecular formula is C22H19N3O4S. The lowest BCUT2D eigenvalue weighted by atomic mass is 9.93. The molecule has 1 aliphatic rings. The van der Waals surface area contributed by atoms with E-state index in [0.29, 0.717) is 16.1 Å². The van der Waals surface area contributed by atoms with E-state index in [-0.39, 0.29) is 22.2 Å². The number of hydrogen-bond donors (Lipinski definition) is 2. The van der Waals surface area contributed by atoms with Gasteiger partial charge in [0.15, 0.2) is 0 Å². The van der Waals surface area contributed by atoms with E-state index in [1.165, 1.54) is 28.4 Å². The molecule has 1 atom stereocenters. The molecule has 8 heteroatoms. The van der Waals surface area contributed by atoms with E-state index < -0.39 is 17.7 Å². The van der Waals surface area contributed by atoms with Crippen molar-refractivity contribution in [3.05, 3.63) is 75.3 Å². The lowest BCUT2D eigenvalue weighted by Crippen LogP contribution is -2.29. The van der Waals surface area contributed by atoms with E-state index in [2.05, 4.69) is 10.2 Å². The number of aromatic nitrogens is 2. The summed E-state index contributed by atoms with van der Waals surface area (Å²) in [5, 5.41) is 29.8. The van der Waals surface area contributed by atoms with Crippen molar-refractivity contribution in [2.45, 2.75) is 26.8 Å². The van der Waals surface area contributed by atoms with Crippen LogP contribution in [0.5, 0.6) is 5.75 Å². The monoisotopic (exact) mass is 421 g/mol. The van der Waals surface area contributed by atoms with E-state index in [4.69, 9.17) is 0 Å². The summed E-state index contributed by atoms with van der Waals surface area (Å²) in [7, 11) is 0. The number of amides is 1. The van der Waals surface area contributed by atoms with Crippen LogP contribution in [0.15, 0.2) is 48.0 Å². The number of aryl methyl sites for hydroxylation is 3. The fourth-order valence-electron chi connectivity index (χ4n) is 3.52. The summed E-state index contributed by atoms with van der Waals surface area (Å²) in [6.45, 7) is 5.47. The van der Waals surface area contributed by atoms with Crippen LogP contribution in [0.3, 0.4) is 0 Å². The molecule has 1 unspecified atom stereocenters. The molecule has 1 amide bonds. The van der Waals surface area contributed by atoms with Gasteiger partial charge in [-0.3, -0.25) is 14.5 Å². The number of aliphatic hydroxyl groups excluding tert-OH is 1. The maximum atomic E-state index is 13.1. The lowest BCUT2D eigenvalue weighted by Gasteiger charge is -2.22. The van der Waals surface area contributed by atoms with Crippen molar-refractivity contribution < 1.29 is 19.8 Å². The summed E-state index contributed by atoms with van der Waals surface area (Å²) in [6, 6.07) is 10.8. The number of ketones is 1. The zero-order valence-corrected chi connectivity index (χ0v) is 17.4. The van der Waals surface area contributed by atoms with Crippen molar-refractivity contribution in [2.75, 3.05) is 4.90 Å². The highest BCUT2D eigenvalue weighted by molar-refractivity contribution is 7.15. The Balaban J connectivity index is 1.97. The van der Waals surface area contributed by atoms with Crippen molar-refractivity contribution in [1.29, 1.82) is 0 Å². The Morgan fingerprint density at radius 3 is 2.37 bits per heavy atom. The van der Waals surface area contributed by atoms with Gasteiger partial charge >= 0.3 is 5.91 Å². The Labute approximate surface area is 176 Å². The maximum Gasteiger partial charge on any atom is 0.301 e. The molecule has 2 N–H and O–H groups in total. The summed E-state index contributed by atoms with van der Waals surface area (Å²) in [6.07, 6.45) is 0. The van der Waals surface area contributed by atoms with Crippen molar-refractivity contribution in [2.24, 2.45) is 0 Å². The van der Waals surface area contributed by atoms with E-state index in [9.17, 15) is 19.8 Å². The average Bonchev–Trinajstić information content (AvgIpc) is 3.25. The molecule has 152 valence electrons. The molecule has 1 saturated heterocycles. The van der Waals surface area contributed by atoms with Gasteiger partial charge in [-0.15, -0.1) is 10.2 Å². The largest absolute Gasteiger partial charge is 0.508 e. The SMILES string of the molecule is Cc1ccc(C)c(/C(O)=C2/C(=O)C(=O)N(c3nnc(C)s3)C2c2ccc(O)cc2)c1. The third-order valence-electron chi connectivity index (χ3n) is 5.02. The minimum atomic E-state index is -0.891. The molecule has 7 nitrogen and oxygen atoms in total. The Kier molecular flexibility index (Phi) is 4.87. The van der Waals surface area contributed by atoms with Crippen LogP contribution in [0.25, 0.3) is 5.76 Å². The Morgan fingerprint density at radius 2 is 1.73 bits per heavy atom. The smallest absolute Gasteiger partial charge is 0.301 e. The van der Waals surface area contributed by atoms with Gasteiger partial charge in [0.25, 0.3) is 5.78 Å². The second kappa shape index (κ2) is 7.38. The molecule has 30 heavy (non-hydrogen) atoms. The van der Waals surface area contributed by atoms with E-state index in [0.717, 1.165) is 11.1 Å². The molecule has 1 fully saturated rings. The Bertz CT molecular complexity index is 1200. The van der Waals surface area contributed by atoms with Gasteiger partial charge in [0.1, 0.15) is 16.5 Å². The fraction of sp³-hybridized carbons (Fsp3) is 0.182. The van der Waals surface area contributed by atoms with Gasteiger partial charge in [0.05, 0.1) is 11.6 Å². The first kappa shape index (κ1) is 19.8.